The second kappa shape index (κ2) is 6.15. The standard InChI is InChI=1S/C19H21BFNO2/c1-18(2)19(3,4)24-20(23-18)17(21)11-14-10-16(13-22-12-14)15-8-6-5-7-9-15/h5-13H,1-4H3. The van der Waals surface area contributed by atoms with Crippen molar-refractivity contribution in [2.24, 2.45) is 0 Å². The van der Waals surface area contributed by atoms with E-state index in [1.165, 1.54) is 6.08 Å². The zero-order valence-electron chi connectivity index (χ0n) is 14.4. The van der Waals surface area contributed by atoms with E-state index in [1.54, 1.807) is 12.4 Å². The Bertz CT molecular complexity index is 743. The van der Waals surface area contributed by atoms with Gasteiger partial charge in [-0.25, -0.2) is 4.39 Å². The summed E-state index contributed by atoms with van der Waals surface area (Å²) in [6, 6.07) is 11.8. The first-order valence-electron chi connectivity index (χ1n) is 8.02. The molecule has 0 atom stereocenters. The molecular formula is C19H21BFNO2. The number of hydrogen-bond acceptors (Lipinski definition) is 3. The molecule has 1 saturated heterocycles. The molecule has 1 aromatic carbocycles. The SMILES string of the molecule is CC1(C)OB(C(F)=Cc2cncc(-c3ccccc3)c2)OC1(C)C. The highest BCUT2D eigenvalue weighted by atomic mass is 19.1. The van der Waals surface area contributed by atoms with Crippen LogP contribution in [-0.2, 0) is 9.31 Å². The van der Waals surface area contributed by atoms with Crippen LogP contribution in [-0.4, -0.2) is 23.3 Å². The smallest absolute Gasteiger partial charge is 0.398 e. The van der Waals surface area contributed by atoms with Gasteiger partial charge < -0.3 is 9.31 Å². The molecular weight excluding hydrogens is 304 g/mol. The Kier molecular flexibility index (Phi) is 4.32. The molecule has 1 aromatic heterocycles. The maximum Gasteiger partial charge on any atom is 0.525 e. The fourth-order valence-corrected chi connectivity index (χ4v) is 2.51. The average molecular weight is 325 g/mol. The summed E-state index contributed by atoms with van der Waals surface area (Å²) in [5.74, 6) is 0. The van der Waals surface area contributed by atoms with Crippen molar-refractivity contribution in [3.63, 3.8) is 0 Å². The van der Waals surface area contributed by atoms with Crippen molar-refractivity contribution in [2.75, 3.05) is 0 Å². The van der Waals surface area contributed by atoms with E-state index in [0.29, 0.717) is 5.56 Å². The highest BCUT2D eigenvalue weighted by Crippen LogP contribution is 2.39. The van der Waals surface area contributed by atoms with Gasteiger partial charge in [0.25, 0.3) is 0 Å². The van der Waals surface area contributed by atoms with Gasteiger partial charge in [0, 0.05) is 18.0 Å². The molecule has 0 bridgehead atoms. The van der Waals surface area contributed by atoms with Crippen LogP contribution in [0.2, 0.25) is 0 Å². The average Bonchev–Trinajstić information content (AvgIpc) is 2.77. The number of nitrogens with zero attached hydrogens (tertiary/aromatic N) is 1. The van der Waals surface area contributed by atoms with Gasteiger partial charge in [-0.3, -0.25) is 4.98 Å². The van der Waals surface area contributed by atoms with Crippen LogP contribution in [0.25, 0.3) is 17.2 Å². The third-order valence-corrected chi connectivity index (χ3v) is 4.65. The van der Waals surface area contributed by atoms with E-state index in [4.69, 9.17) is 9.31 Å². The van der Waals surface area contributed by atoms with Gasteiger partial charge >= 0.3 is 7.12 Å². The summed E-state index contributed by atoms with van der Waals surface area (Å²) in [6.07, 6.45) is 4.80. The monoisotopic (exact) mass is 325 g/mol. The van der Waals surface area contributed by atoms with Crippen LogP contribution < -0.4 is 0 Å². The van der Waals surface area contributed by atoms with E-state index in [-0.39, 0.29) is 0 Å². The molecule has 0 saturated carbocycles. The van der Waals surface area contributed by atoms with Crippen molar-refractivity contribution in [1.29, 1.82) is 0 Å². The van der Waals surface area contributed by atoms with Crippen LogP contribution >= 0.6 is 0 Å². The Morgan fingerprint density at radius 3 is 2.25 bits per heavy atom. The third kappa shape index (κ3) is 3.28. The van der Waals surface area contributed by atoms with Crippen molar-refractivity contribution in [1.82, 2.24) is 4.98 Å². The lowest BCUT2D eigenvalue weighted by Gasteiger charge is -2.32. The van der Waals surface area contributed by atoms with Gasteiger partial charge in [0.05, 0.1) is 11.2 Å². The molecule has 1 aliphatic heterocycles. The lowest BCUT2D eigenvalue weighted by molar-refractivity contribution is 0.00578. The number of hydrogen-bond donors (Lipinski definition) is 0. The van der Waals surface area contributed by atoms with Gasteiger partial charge in [0.15, 0.2) is 0 Å². The number of aromatic nitrogens is 1. The normalized spacial score (nSPS) is 19.5. The molecule has 0 unspecified atom stereocenters. The van der Waals surface area contributed by atoms with Crippen molar-refractivity contribution in [3.05, 3.63) is 60.1 Å². The lowest BCUT2D eigenvalue weighted by Crippen LogP contribution is -2.41. The highest BCUT2D eigenvalue weighted by Gasteiger charge is 2.53. The van der Waals surface area contributed by atoms with Gasteiger partial charge in [0.1, 0.15) is 5.73 Å². The molecule has 3 nitrogen and oxygen atoms in total. The minimum atomic E-state index is -0.990. The first-order chi connectivity index (χ1) is 11.3. The van der Waals surface area contributed by atoms with Crippen molar-refractivity contribution in [3.8, 4) is 11.1 Å². The zero-order chi connectivity index (χ0) is 17.4. The molecule has 24 heavy (non-hydrogen) atoms. The molecule has 1 aliphatic rings. The van der Waals surface area contributed by atoms with Crippen molar-refractivity contribution >= 4 is 13.2 Å². The van der Waals surface area contributed by atoms with Crippen LogP contribution in [0.15, 0.2) is 54.5 Å². The van der Waals surface area contributed by atoms with E-state index in [0.717, 1.165) is 11.1 Å². The van der Waals surface area contributed by atoms with Gasteiger partial charge in [-0.15, -0.1) is 0 Å². The Morgan fingerprint density at radius 2 is 1.62 bits per heavy atom. The summed E-state index contributed by atoms with van der Waals surface area (Å²) in [4.78, 5) is 4.20. The number of benzene rings is 1. The highest BCUT2D eigenvalue weighted by molar-refractivity contribution is 6.54. The van der Waals surface area contributed by atoms with Crippen LogP contribution in [0.5, 0.6) is 0 Å². The predicted molar refractivity (Wildman–Crippen MR) is 94.8 cm³/mol. The van der Waals surface area contributed by atoms with E-state index < -0.39 is 24.0 Å². The second-order valence-electron chi connectivity index (χ2n) is 6.99. The van der Waals surface area contributed by atoms with Crippen LogP contribution in [0, 0.1) is 0 Å². The first-order valence-corrected chi connectivity index (χ1v) is 8.02. The molecule has 0 amide bonds. The molecule has 5 heteroatoms. The summed E-state index contributed by atoms with van der Waals surface area (Å²) in [7, 11) is -0.990. The largest absolute Gasteiger partial charge is 0.525 e. The fraction of sp³-hybridized carbons (Fsp3) is 0.316. The molecule has 3 rings (SSSR count). The minimum absolute atomic E-state index is 0.458. The molecule has 2 aromatic rings. The lowest BCUT2D eigenvalue weighted by atomic mass is 9.87. The maximum atomic E-state index is 14.6. The summed E-state index contributed by atoms with van der Waals surface area (Å²) < 4.78 is 26.1. The molecule has 2 heterocycles. The van der Waals surface area contributed by atoms with Crippen LogP contribution in [0.1, 0.15) is 33.3 Å². The summed E-state index contributed by atoms with van der Waals surface area (Å²) in [5, 5.41) is 0. The molecule has 0 radical (unpaired) electrons. The number of rotatable bonds is 3. The third-order valence-electron chi connectivity index (χ3n) is 4.65. The van der Waals surface area contributed by atoms with Crippen molar-refractivity contribution in [2.45, 2.75) is 38.9 Å². The topological polar surface area (TPSA) is 31.4 Å². The maximum absolute atomic E-state index is 14.6. The number of halogens is 1. The van der Waals surface area contributed by atoms with Gasteiger partial charge in [-0.2, -0.15) is 0 Å². The van der Waals surface area contributed by atoms with E-state index in [1.807, 2.05) is 64.1 Å². The molecule has 0 aliphatic carbocycles. The fourth-order valence-electron chi connectivity index (χ4n) is 2.51. The van der Waals surface area contributed by atoms with E-state index in [9.17, 15) is 4.39 Å². The number of pyridine rings is 1. The first kappa shape index (κ1) is 16.9. The Hall–Kier alpha value is -1.98. The summed E-state index contributed by atoms with van der Waals surface area (Å²) >= 11 is 0. The van der Waals surface area contributed by atoms with Crippen molar-refractivity contribution < 1.29 is 13.7 Å². The molecule has 124 valence electrons. The molecule has 1 fully saturated rings. The minimum Gasteiger partial charge on any atom is -0.398 e. The Balaban J connectivity index is 1.84. The quantitative estimate of drug-likeness (QED) is 0.767. The molecule has 0 spiro atoms. The Morgan fingerprint density at radius 1 is 1.00 bits per heavy atom. The second-order valence-corrected chi connectivity index (χ2v) is 6.99. The Labute approximate surface area is 142 Å². The van der Waals surface area contributed by atoms with Gasteiger partial charge in [-0.1, -0.05) is 30.3 Å². The van der Waals surface area contributed by atoms with Crippen LogP contribution in [0.3, 0.4) is 0 Å². The summed E-state index contributed by atoms with van der Waals surface area (Å²) in [6.45, 7) is 7.60. The van der Waals surface area contributed by atoms with Gasteiger partial charge in [-0.05, 0) is 51.0 Å². The van der Waals surface area contributed by atoms with Gasteiger partial charge in [0.2, 0.25) is 0 Å². The predicted octanol–water partition coefficient (Wildman–Crippen LogP) is 4.69. The van der Waals surface area contributed by atoms with E-state index in [2.05, 4.69) is 4.98 Å². The molecule has 0 N–H and O–H groups in total. The van der Waals surface area contributed by atoms with Crippen LogP contribution in [0.4, 0.5) is 4.39 Å². The van der Waals surface area contributed by atoms with E-state index >= 15 is 0 Å². The summed E-state index contributed by atoms with van der Waals surface area (Å²) in [5.41, 5.74) is 1.06. The zero-order valence-corrected chi connectivity index (χ0v) is 14.4.